The van der Waals surface area contributed by atoms with E-state index in [0.29, 0.717) is 34.5 Å². The van der Waals surface area contributed by atoms with Crippen LogP contribution in [0.5, 0.6) is 0 Å². The van der Waals surface area contributed by atoms with Crippen molar-refractivity contribution < 1.29 is 32.3 Å². The van der Waals surface area contributed by atoms with Crippen molar-refractivity contribution in [2.24, 2.45) is 0 Å². The maximum Gasteiger partial charge on any atom is 0.348 e. The van der Waals surface area contributed by atoms with Crippen molar-refractivity contribution >= 4 is 39.8 Å². The average molecular weight is 472 g/mol. The smallest absolute Gasteiger partial charge is 0.348 e. The second kappa shape index (κ2) is 11.6. The molecular formula is C21H24F3N3O4S. The second-order valence-electron chi connectivity index (χ2n) is 6.87. The van der Waals surface area contributed by atoms with Crippen molar-refractivity contribution in [2.45, 2.75) is 27.2 Å². The lowest BCUT2D eigenvalue weighted by Gasteiger charge is -2.20. The molecular weight excluding hydrogens is 447 g/mol. The first-order valence-corrected chi connectivity index (χ1v) is 10.7. The molecule has 0 saturated carbocycles. The zero-order valence-corrected chi connectivity index (χ0v) is 18.7. The summed E-state index contributed by atoms with van der Waals surface area (Å²) in [5.41, 5.74) is 0.178. The molecule has 1 aromatic carbocycles. The Bertz CT molecular complexity index is 997. The van der Waals surface area contributed by atoms with Crippen LogP contribution < -0.4 is 10.6 Å². The van der Waals surface area contributed by atoms with Crippen LogP contribution in [0.4, 0.5) is 23.9 Å². The maximum atomic E-state index is 13.8. The number of nitrogens with one attached hydrogen (secondary N) is 2. The molecule has 0 atom stereocenters. The Morgan fingerprint density at radius 3 is 2.31 bits per heavy atom. The zero-order valence-electron chi connectivity index (χ0n) is 17.9. The summed E-state index contributed by atoms with van der Waals surface area (Å²) in [4.78, 5) is 38.5. The molecule has 32 heavy (non-hydrogen) atoms. The van der Waals surface area contributed by atoms with Crippen LogP contribution in [-0.4, -0.2) is 48.9 Å². The molecule has 0 unspecified atom stereocenters. The van der Waals surface area contributed by atoms with Crippen LogP contribution in [-0.2, 0) is 14.3 Å². The zero-order chi connectivity index (χ0) is 23.8. The van der Waals surface area contributed by atoms with Crippen LogP contribution in [0.15, 0.2) is 18.2 Å². The summed E-state index contributed by atoms with van der Waals surface area (Å²) in [5, 5.41) is 5.32. The lowest BCUT2D eigenvalue weighted by molar-refractivity contribution is -0.120. The van der Waals surface area contributed by atoms with Gasteiger partial charge in [-0.25, -0.2) is 18.0 Å². The summed E-state index contributed by atoms with van der Waals surface area (Å²) < 4.78 is 45.1. The van der Waals surface area contributed by atoms with Gasteiger partial charge in [-0.15, -0.1) is 11.3 Å². The number of aryl methyl sites for hydroxylation is 1. The van der Waals surface area contributed by atoms with Gasteiger partial charge in [0.05, 0.1) is 30.4 Å². The van der Waals surface area contributed by atoms with Gasteiger partial charge in [0.25, 0.3) is 0 Å². The SMILES string of the molecule is CCCN(CC(=O)Nc1cc(C)c(C(=O)OCC)s1)CC(=O)Nc1ccc(F)c(F)c1F. The fourth-order valence-corrected chi connectivity index (χ4v) is 3.85. The standard InChI is InChI=1S/C21H24F3N3O4S/c1-4-8-27(10-15(28)25-14-7-6-13(22)18(23)19(14)24)11-16(29)26-17-9-12(3)20(32-17)21(30)31-5-2/h6-7,9H,4-5,8,10-11H2,1-3H3,(H,25,28)(H,26,29). The number of rotatable bonds is 10. The first-order valence-electron chi connectivity index (χ1n) is 9.89. The highest BCUT2D eigenvalue weighted by atomic mass is 32.1. The fourth-order valence-electron chi connectivity index (χ4n) is 2.87. The Balaban J connectivity index is 1.98. The molecule has 1 heterocycles. The topological polar surface area (TPSA) is 87.7 Å². The van der Waals surface area contributed by atoms with Crippen LogP contribution in [0.2, 0.25) is 0 Å². The van der Waals surface area contributed by atoms with Crippen molar-refractivity contribution in [3.05, 3.63) is 46.1 Å². The van der Waals surface area contributed by atoms with E-state index in [1.807, 2.05) is 6.92 Å². The van der Waals surface area contributed by atoms with Crippen LogP contribution in [0, 0.1) is 24.4 Å². The molecule has 7 nitrogen and oxygen atoms in total. The number of ether oxygens (including phenoxy) is 1. The van der Waals surface area contributed by atoms with Crippen LogP contribution in [0.3, 0.4) is 0 Å². The normalized spacial score (nSPS) is 10.8. The highest BCUT2D eigenvalue weighted by molar-refractivity contribution is 7.18. The summed E-state index contributed by atoms with van der Waals surface area (Å²) in [6.45, 7) is 5.49. The third-order valence-corrected chi connectivity index (χ3v) is 5.36. The predicted molar refractivity (Wildman–Crippen MR) is 115 cm³/mol. The molecule has 0 saturated heterocycles. The predicted octanol–water partition coefficient (Wildman–Crippen LogP) is 3.94. The molecule has 0 aliphatic rings. The first kappa shape index (κ1) is 25.3. The maximum absolute atomic E-state index is 13.8. The van der Waals surface area contributed by atoms with Crippen LogP contribution in [0.25, 0.3) is 0 Å². The number of hydrogen-bond acceptors (Lipinski definition) is 6. The highest BCUT2D eigenvalue weighted by Crippen LogP contribution is 2.27. The summed E-state index contributed by atoms with van der Waals surface area (Å²) in [6.07, 6.45) is 0.630. The number of esters is 1. The summed E-state index contributed by atoms with van der Waals surface area (Å²) in [6, 6.07) is 3.28. The minimum Gasteiger partial charge on any atom is -0.462 e. The van der Waals surface area contributed by atoms with E-state index in [1.54, 1.807) is 19.9 Å². The lowest BCUT2D eigenvalue weighted by Crippen LogP contribution is -2.39. The summed E-state index contributed by atoms with van der Waals surface area (Å²) in [7, 11) is 0. The van der Waals surface area contributed by atoms with Crippen molar-refractivity contribution in [3.8, 4) is 0 Å². The minimum absolute atomic E-state index is 0.146. The molecule has 0 aliphatic heterocycles. The number of carbonyl (C=O) groups is 3. The van der Waals surface area contributed by atoms with Crippen molar-refractivity contribution in [3.63, 3.8) is 0 Å². The van der Waals surface area contributed by atoms with Gasteiger partial charge in [0.2, 0.25) is 11.8 Å². The lowest BCUT2D eigenvalue weighted by atomic mass is 10.2. The van der Waals surface area contributed by atoms with Gasteiger partial charge >= 0.3 is 5.97 Å². The monoisotopic (exact) mass is 471 g/mol. The summed E-state index contributed by atoms with van der Waals surface area (Å²) >= 11 is 1.08. The second-order valence-corrected chi connectivity index (χ2v) is 7.93. The number of amides is 2. The van der Waals surface area contributed by atoms with Crippen LogP contribution >= 0.6 is 11.3 Å². The minimum atomic E-state index is -1.68. The molecule has 0 radical (unpaired) electrons. The molecule has 2 rings (SSSR count). The number of hydrogen-bond donors (Lipinski definition) is 2. The Labute approximate surface area is 187 Å². The Morgan fingerprint density at radius 1 is 1.03 bits per heavy atom. The highest BCUT2D eigenvalue weighted by Gasteiger charge is 2.20. The number of benzene rings is 1. The quantitative estimate of drug-likeness (QED) is 0.405. The van der Waals surface area contributed by atoms with Gasteiger partial charge in [-0.1, -0.05) is 6.92 Å². The molecule has 0 bridgehead atoms. The third-order valence-electron chi connectivity index (χ3n) is 4.22. The molecule has 0 aliphatic carbocycles. The fraction of sp³-hybridized carbons (Fsp3) is 0.381. The number of nitrogens with zero attached hydrogens (tertiary/aromatic N) is 1. The molecule has 2 amide bonds. The molecule has 0 spiro atoms. The Kier molecular flexibility index (Phi) is 9.21. The van der Waals surface area contributed by atoms with Gasteiger partial charge in [0.1, 0.15) is 4.88 Å². The number of anilines is 2. The number of halogens is 3. The molecule has 174 valence electrons. The van der Waals surface area contributed by atoms with Gasteiger partial charge < -0.3 is 15.4 Å². The first-order chi connectivity index (χ1) is 15.2. The van der Waals surface area contributed by atoms with Crippen molar-refractivity contribution in [1.82, 2.24) is 4.90 Å². The molecule has 11 heteroatoms. The average Bonchev–Trinajstić information content (AvgIpc) is 3.08. The van der Waals surface area contributed by atoms with E-state index in [9.17, 15) is 27.6 Å². The van der Waals surface area contributed by atoms with E-state index in [2.05, 4.69) is 10.6 Å². The van der Waals surface area contributed by atoms with Gasteiger partial charge in [-0.05, 0) is 50.6 Å². The van der Waals surface area contributed by atoms with Gasteiger partial charge in [0.15, 0.2) is 17.5 Å². The Hall–Kier alpha value is -2.92. The van der Waals surface area contributed by atoms with E-state index in [0.717, 1.165) is 17.4 Å². The Morgan fingerprint density at radius 2 is 1.69 bits per heavy atom. The summed E-state index contributed by atoms with van der Waals surface area (Å²) in [5.74, 6) is -6.11. The van der Waals surface area contributed by atoms with E-state index < -0.39 is 40.9 Å². The van der Waals surface area contributed by atoms with E-state index >= 15 is 0 Å². The van der Waals surface area contributed by atoms with Gasteiger partial charge in [-0.3, -0.25) is 14.5 Å². The van der Waals surface area contributed by atoms with Crippen molar-refractivity contribution in [2.75, 3.05) is 36.9 Å². The van der Waals surface area contributed by atoms with E-state index in [1.165, 1.54) is 4.90 Å². The number of thiophene rings is 1. The number of carbonyl (C=O) groups excluding carboxylic acids is 3. The van der Waals surface area contributed by atoms with Crippen molar-refractivity contribution in [1.29, 1.82) is 0 Å². The third kappa shape index (κ3) is 6.79. The van der Waals surface area contributed by atoms with Gasteiger partial charge in [-0.2, -0.15) is 0 Å². The van der Waals surface area contributed by atoms with E-state index in [4.69, 9.17) is 4.74 Å². The molecule has 0 fully saturated rings. The largest absolute Gasteiger partial charge is 0.462 e. The van der Waals surface area contributed by atoms with E-state index in [-0.39, 0.29) is 19.7 Å². The molecule has 2 aromatic rings. The van der Waals surface area contributed by atoms with Gasteiger partial charge in [0, 0.05) is 0 Å². The molecule has 2 N–H and O–H groups in total. The molecule has 1 aromatic heterocycles. The van der Waals surface area contributed by atoms with Crippen LogP contribution in [0.1, 0.15) is 35.5 Å².